The average molecular weight is 388 g/mol. The molecule has 0 saturated carbocycles. The summed E-state index contributed by atoms with van der Waals surface area (Å²) in [6.07, 6.45) is 0. The quantitative estimate of drug-likeness (QED) is 0.776. The summed E-state index contributed by atoms with van der Waals surface area (Å²) in [4.78, 5) is 29.0. The van der Waals surface area contributed by atoms with Gasteiger partial charge in [0.2, 0.25) is 0 Å². The Hall–Kier alpha value is -2.73. The highest BCUT2D eigenvalue weighted by molar-refractivity contribution is 6.32. The lowest BCUT2D eigenvalue weighted by molar-refractivity contribution is -0.135. The van der Waals surface area contributed by atoms with Crippen LogP contribution in [0, 0.1) is 0 Å². The predicted octanol–water partition coefficient (Wildman–Crippen LogP) is 4.64. The molecule has 0 bridgehead atoms. The molecule has 1 aromatic carbocycles. The molecule has 0 atom stereocenters. The molecule has 3 rings (SSSR count). The van der Waals surface area contributed by atoms with Gasteiger partial charge in [-0.1, -0.05) is 41.9 Å². The van der Waals surface area contributed by atoms with Crippen LogP contribution in [0.5, 0.6) is 0 Å². The Morgan fingerprint density at radius 2 is 1.63 bits per heavy atom. The molecular weight excluding hydrogens is 369 g/mol. The van der Waals surface area contributed by atoms with Crippen molar-refractivity contribution in [3.8, 4) is 11.3 Å². The number of alkyl halides is 1. The summed E-state index contributed by atoms with van der Waals surface area (Å²) >= 11 is 6.37. The van der Waals surface area contributed by atoms with Gasteiger partial charge in [-0.3, -0.25) is 15.0 Å². The molecule has 2 amide bonds. The van der Waals surface area contributed by atoms with E-state index in [-0.39, 0.29) is 16.4 Å². The number of imide groups is 1. The number of amides is 2. The van der Waals surface area contributed by atoms with Crippen LogP contribution in [0.25, 0.3) is 11.3 Å². The fourth-order valence-corrected chi connectivity index (χ4v) is 3.32. The van der Waals surface area contributed by atoms with E-state index in [1.807, 2.05) is 18.2 Å². The van der Waals surface area contributed by atoms with Crippen LogP contribution in [0.3, 0.4) is 0 Å². The zero-order chi connectivity index (χ0) is 19.9. The van der Waals surface area contributed by atoms with Crippen molar-refractivity contribution in [3.05, 3.63) is 58.1 Å². The van der Waals surface area contributed by atoms with Crippen LogP contribution in [0.4, 0.5) is 10.2 Å². The number of nitrogens with zero attached hydrogens (tertiary/aromatic N) is 2. The number of benzene rings is 1. The minimum atomic E-state index is -1.73. The SMILES string of the molecule is CC1=C(C)C(=O)N(Nc2cc(Cl)c(C(C)(C)F)c(-c3ccccc3)n2)C1=O. The van der Waals surface area contributed by atoms with Crippen LogP contribution in [-0.4, -0.2) is 21.8 Å². The van der Waals surface area contributed by atoms with E-state index in [1.165, 1.54) is 19.9 Å². The maximum absolute atomic E-state index is 14.8. The number of pyridine rings is 1. The van der Waals surface area contributed by atoms with Gasteiger partial charge in [0, 0.05) is 28.3 Å². The minimum absolute atomic E-state index is 0.152. The lowest BCUT2D eigenvalue weighted by atomic mass is 9.94. The first kappa shape index (κ1) is 19.0. The van der Waals surface area contributed by atoms with Gasteiger partial charge in [-0.05, 0) is 27.7 Å². The number of hydrazine groups is 1. The summed E-state index contributed by atoms with van der Waals surface area (Å²) in [5, 5.41) is 1.04. The molecule has 1 N–H and O–H groups in total. The van der Waals surface area contributed by atoms with E-state index in [1.54, 1.807) is 26.0 Å². The third kappa shape index (κ3) is 3.45. The van der Waals surface area contributed by atoms with Gasteiger partial charge in [-0.25, -0.2) is 9.37 Å². The standard InChI is InChI=1S/C20H19ClFN3O2/c1-11-12(2)19(27)25(18(11)26)24-15-10-14(21)16(20(3,4)22)17(23-15)13-8-6-5-7-9-13/h5-10H,1-4H3,(H,23,24). The van der Waals surface area contributed by atoms with Crippen molar-refractivity contribution in [3.63, 3.8) is 0 Å². The number of anilines is 1. The Morgan fingerprint density at radius 3 is 2.15 bits per heavy atom. The average Bonchev–Trinajstić information content (AvgIpc) is 2.79. The molecule has 0 spiro atoms. The predicted molar refractivity (Wildman–Crippen MR) is 103 cm³/mol. The molecule has 2 heterocycles. The fraction of sp³-hybridized carbons (Fsp3) is 0.250. The van der Waals surface area contributed by atoms with Crippen molar-refractivity contribution < 1.29 is 14.0 Å². The Labute approximate surface area is 161 Å². The van der Waals surface area contributed by atoms with Crippen LogP contribution in [0.1, 0.15) is 33.3 Å². The molecule has 7 heteroatoms. The minimum Gasteiger partial charge on any atom is -0.271 e. The second-order valence-corrected chi connectivity index (χ2v) is 7.27. The first-order valence-electron chi connectivity index (χ1n) is 8.39. The third-order valence-electron chi connectivity index (χ3n) is 4.45. The number of nitrogens with one attached hydrogen (secondary N) is 1. The Bertz CT molecular complexity index is 941. The zero-order valence-electron chi connectivity index (χ0n) is 15.4. The summed E-state index contributed by atoms with van der Waals surface area (Å²) in [6, 6.07) is 10.5. The Morgan fingerprint density at radius 1 is 1.07 bits per heavy atom. The van der Waals surface area contributed by atoms with E-state index in [4.69, 9.17) is 11.6 Å². The second kappa shape index (κ2) is 6.78. The summed E-state index contributed by atoms with van der Waals surface area (Å²) in [5.41, 5.74) is 2.96. The van der Waals surface area contributed by atoms with Crippen molar-refractivity contribution in [1.82, 2.24) is 9.99 Å². The van der Waals surface area contributed by atoms with E-state index in [9.17, 15) is 14.0 Å². The number of hydrogen-bond donors (Lipinski definition) is 1. The normalized spacial score (nSPS) is 15.0. The van der Waals surface area contributed by atoms with E-state index in [0.29, 0.717) is 22.4 Å². The number of carbonyl (C=O) groups is 2. The first-order chi connectivity index (χ1) is 12.6. The summed E-state index contributed by atoms with van der Waals surface area (Å²) in [6.45, 7) is 5.97. The Kier molecular flexibility index (Phi) is 4.78. The van der Waals surface area contributed by atoms with E-state index < -0.39 is 17.5 Å². The third-order valence-corrected chi connectivity index (χ3v) is 4.75. The van der Waals surface area contributed by atoms with E-state index >= 15 is 0 Å². The van der Waals surface area contributed by atoms with Gasteiger partial charge in [0.15, 0.2) is 0 Å². The lowest BCUT2D eigenvalue weighted by Crippen LogP contribution is -2.37. The molecular formula is C20H19ClFN3O2. The van der Waals surface area contributed by atoms with E-state index in [2.05, 4.69) is 10.4 Å². The first-order valence-corrected chi connectivity index (χ1v) is 8.77. The Balaban J connectivity index is 2.08. The molecule has 5 nitrogen and oxygen atoms in total. The summed E-state index contributed by atoms with van der Waals surface area (Å²) in [7, 11) is 0. The van der Waals surface area contributed by atoms with Gasteiger partial charge in [0.25, 0.3) is 11.8 Å². The maximum atomic E-state index is 14.8. The topological polar surface area (TPSA) is 62.3 Å². The summed E-state index contributed by atoms with van der Waals surface area (Å²) < 4.78 is 14.8. The number of hydrogen-bond acceptors (Lipinski definition) is 4. The fourth-order valence-electron chi connectivity index (χ4n) is 2.91. The molecule has 1 aromatic heterocycles. The molecule has 2 aromatic rings. The maximum Gasteiger partial charge on any atom is 0.275 e. The van der Waals surface area contributed by atoms with Gasteiger partial charge in [-0.2, -0.15) is 5.01 Å². The van der Waals surface area contributed by atoms with Crippen molar-refractivity contribution in [2.45, 2.75) is 33.4 Å². The summed E-state index contributed by atoms with van der Waals surface area (Å²) in [5.74, 6) is -0.728. The highest BCUT2D eigenvalue weighted by atomic mass is 35.5. The second-order valence-electron chi connectivity index (χ2n) is 6.86. The van der Waals surface area contributed by atoms with Crippen LogP contribution in [0.2, 0.25) is 5.02 Å². The smallest absolute Gasteiger partial charge is 0.271 e. The largest absolute Gasteiger partial charge is 0.275 e. The van der Waals surface area contributed by atoms with Crippen molar-refractivity contribution >= 4 is 29.2 Å². The number of carbonyl (C=O) groups excluding carboxylic acids is 2. The number of halogens is 2. The van der Waals surface area contributed by atoms with Crippen molar-refractivity contribution in [1.29, 1.82) is 0 Å². The van der Waals surface area contributed by atoms with Gasteiger partial charge in [-0.15, -0.1) is 0 Å². The van der Waals surface area contributed by atoms with Gasteiger partial charge < -0.3 is 0 Å². The molecule has 0 unspecified atom stereocenters. The number of rotatable bonds is 4. The molecule has 140 valence electrons. The van der Waals surface area contributed by atoms with Crippen LogP contribution < -0.4 is 5.43 Å². The van der Waals surface area contributed by atoms with Crippen LogP contribution in [-0.2, 0) is 15.3 Å². The van der Waals surface area contributed by atoms with Crippen molar-refractivity contribution in [2.75, 3.05) is 5.43 Å². The van der Waals surface area contributed by atoms with Crippen LogP contribution in [0.15, 0.2) is 47.5 Å². The van der Waals surface area contributed by atoms with Crippen LogP contribution >= 0.6 is 11.6 Å². The van der Waals surface area contributed by atoms with Gasteiger partial charge in [0.05, 0.1) is 10.7 Å². The highest BCUT2D eigenvalue weighted by Crippen LogP contribution is 2.39. The molecule has 1 aliphatic rings. The highest BCUT2D eigenvalue weighted by Gasteiger charge is 2.35. The lowest BCUT2D eigenvalue weighted by Gasteiger charge is -2.23. The molecule has 0 fully saturated rings. The molecule has 0 radical (unpaired) electrons. The molecule has 27 heavy (non-hydrogen) atoms. The molecule has 1 aliphatic heterocycles. The van der Waals surface area contributed by atoms with E-state index in [0.717, 1.165) is 5.01 Å². The monoisotopic (exact) mass is 387 g/mol. The van der Waals surface area contributed by atoms with Gasteiger partial charge >= 0.3 is 0 Å². The van der Waals surface area contributed by atoms with Gasteiger partial charge in [0.1, 0.15) is 11.5 Å². The van der Waals surface area contributed by atoms with Crippen molar-refractivity contribution in [2.24, 2.45) is 0 Å². The molecule has 0 saturated heterocycles. The molecule has 0 aliphatic carbocycles. The number of aromatic nitrogens is 1. The zero-order valence-corrected chi connectivity index (χ0v) is 16.2.